The van der Waals surface area contributed by atoms with E-state index in [0.29, 0.717) is 22.3 Å². The third kappa shape index (κ3) is 4.97. The zero-order valence-corrected chi connectivity index (χ0v) is 15.4. The number of methoxy groups -OCH3 is 2. The number of hydrogen-bond donors (Lipinski definition) is 2. The van der Waals surface area contributed by atoms with Crippen LogP contribution in [0.2, 0.25) is 5.02 Å². The highest BCUT2D eigenvalue weighted by Gasteiger charge is 2.20. The van der Waals surface area contributed by atoms with Crippen molar-refractivity contribution in [3.63, 3.8) is 0 Å². The van der Waals surface area contributed by atoms with Gasteiger partial charge in [-0.2, -0.15) is 5.10 Å². The molecule has 25 heavy (non-hydrogen) atoms. The summed E-state index contributed by atoms with van der Waals surface area (Å²) in [5.41, 5.74) is 8.96. The number of thiazole rings is 1. The lowest BCUT2D eigenvalue weighted by Crippen LogP contribution is -2.25. The summed E-state index contributed by atoms with van der Waals surface area (Å²) in [6.07, 6.45) is 0.715. The Hall–Kier alpha value is -2.52. The maximum atomic E-state index is 11.5. The molecule has 0 aliphatic rings. The Bertz CT molecular complexity index is 781. The fourth-order valence-electron chi connectivity index (χ4n) is 1.82. The topological polar surface area (TPSA) is 108 Å². The van der Waals surface area contributed by atoms with Crippen LogP contribution in [0.4, 0.5) is 10.9 Å². The molecule has 0 aliphatic heterocycles. The molecule has 0 amide bonds. The van der Waals surface area contributed by atoms with Crippen molar-refractivity contribution in [1.82, 2.24) is 4.98 Å². The van der Waals surface area contributed by atoms with E-state index in [2.05, 4.69) is 20.2 Å². The number of carbonyl (C=O) groups excluding carboxylic acids is 1. The highest BCUT2D eigenvalue weighted by molar-refractivity contribution is 7.14. The van der Waals surface area contributed by atoms with E-state index >= 15 is 0 Å². The molecule has 2 aromatic rings. The van der Waals surface area contributed by atoms with E-state index in [1.165, 1.54) is 25.6 Å². The lowest BCUT2D eigenvalue weighted by atomic mass is 10.2. The molecule has 1 aromatic heterocycles. The molecule has 2 rings (SSSR count). The molecule has 0 bridgehead atoms. The summed E-state index contributed by atoms with van der Waals surface area (Å²) in [6.45, 7) is 1.56. The van der Waals surface area contributed by atoms with E-state index in [1.807, 2.05) is 0 Å². The van der Waals surface area contributed by atoms with Crippen LogP contribution in [0.3, 0.4) is 0 Å². The van der Waals surface area contributed by atoms with Crippen molar-refractivity contribution in [3.8, 4) is 11.5 Å². The maximum absolute atomic E-state index is 11.5. The van der Waals surface area contributed by atoms with Gasteiger partial charge in [0.2, 0.25) is 5.13 Å². The molecular weight excluding hydrogens is 368 g/mol. The number of ether oxygens (including phenoxy) is 3. The minimum Gasteiger partial charge on any atom is -0.493 e. The zero-order chi connectivity index (χ0) is 18.4. The Morgan fingerprint density at radius 2 is 2.24 bits per heavy atom. The minimum absolute atomic E-state index is 0.250. The van der Waals surface area contributed by atoms with Crippen LogP contribution in [0.15, 0.2) is 22.6 Å². The van der Waals surface area contributed by atoms with Crippen molar-refractivity contribution < 1.29 is 19.0 Å². The van der Waals surface area contributed by atoms with Gasteiger partial charge in [0.15, 0.2) is 17.6 Å². The van der Waals surface area contributed by atoms with Crippen molar-refractivity contribution in [1.29, 1.82) is 0 Å². The van der Waals surface area contributed by atoms with Crippen LogP contribution < -0.4 is 20.6 Å². The number of carbonyl (C=O) groups is 1. The van der Waals surface area contributed by atoms with E-state index < -0.39 is 12.1 Å². The fourth-order valence-corrected chi connectivity index (χ4v) is 2.63. The lowest BCUT2D eigenvalue weighted by molar-refractivity contribution is -0.147. The fraction of sp³-hybridized carbons (Fsp3) is 0.267. The molecule has 0 radical (unpaired) electrons. The molecule has 8 nitrogen and oxygen atoms in total. The number of nitrogens with zero attached hydrogens (tertiary/aromatic N) is 2. The van der Waals surface area contributed by atoms with Gasteiger partial charge in [0, 0.05) is 5.38 Å². The van der Waals surface area contributed by atoms with Crippen LogP contribution in [-0.2, 0) is 9.53 Å². The first-order valence-electron chi connectivity index (χ1n) is 7.06. The van der Waals surface area contributed by atoms with Gasteiger partial charge in [-0.15, -0.1) is 11.3 Å². The molecule has 0 saturated heterocycles. The van der Waals surface area contributed by atoms with E-state index in [9.17, 15) is 4.79 Å². The number of nitrogen functional groups attached to an aromatic ring is 1. The molecule has 1 atom stereocenters. The Labute approximate surface area is 153 Å². The summed E-state index contributed by atoms with van der Waals surface area (Å²) in [5, 5.41) is 6.60. The van der Waals surface area contributed by atoms with Crippen LogP contribution in [0.1, 0.15) is 12.5 Å². The summed E-state index contributed by atoms with van der Waals surface area (Å²) >= 11 is 7.57. The molecule has 134 valence electrons. The van der Waals surface area contributed by atoms with Crippen LogP contribution in [0, 0.1) is 0 Å². The van der Waals surface area contributed by atoms with Crippen LogP contribution in [0.5, 0.6) is 11.5 Å². The summed E-state index contributed by atoms with van der Waals surface area (Å²) in [5.74, 6) is 0.521. The first-order valence-corrected chi connectivity index (χ1v) is 8.32. The minimum atomic E-state index is -0.826. The number of anilines is 2. The van der Waals surface area contributed by atoms with Gasteiger partial charge in [-0.25, -0.2) is 9.78 Å². The van der Waals surface area contributed by atoms with Crippen LogP contribution in [0.25, 0.3) is 0 Å². The number of hydrogen-bond acceptors (Lipinski definition) is 9. The Kier molecular flexibility index (Phi) is 6.43. The number of esters is 1. The highest BCUT2D eigenvalue weighted by atomic mass is 35.5. The molecule has 0 spiro atoms. The van der Waals surface area contributed by atoms with E-state index in [4.69, 9.17) is 26.8 Å². The predicted molar refractivity (Wildman–Crippen MR) is 97.9 cm³/mol. The number of benzene rings is 1. The Morgan fingerprint density at radius 3 is 2.84 bits per heavy atom. The molecular formula is C15H17ClN4O4S. The standard InChI is InChI=1S/C15H17ClN4O4S/c1-8(14(21)23-3)24-13-10(16)4-9(5-11(13)22-2)6-18-20-15-19-12(17)7-25-15/h4-8H,17H2,1-3H3,(H,19,20). The van der Waals surface area contributed by atoms with Gasteiger partial charge in [-0.1, -0.05) is 11.6 Å². The first kappa shape index (κ1) is 18.8. The molecule has 0 saturated carbocycles. The predicted octanol–water partition coefficient (Wildman–Crippen LogP) is 2.77. The molecule has 1 unspecified atom stereocenters. The summed E-state index contributed by atoms with van der Waals surface area (Å²) in [7, 11) is 2.75. The third-order valence-electron chi connectivity index (χ3n) is 2.98. The van der Waals surface area contributed by atoms with Gasteiger partial charge in [-0.3, -0.25) is 5.43 Å². The summed E-state index contributed by atoms with van der Waals surface area (Å²) in [6, 6.07) is 3.30. The van der Waals surface area contributed by atoms with Crippen LogP contribution >= 0.6 is 22.9 Å². The van der Waals surface area contributed by atoms with Crippen molar-refractivity contribution in [2.24, 2.45) is 5.10 Å². The average molecular weight is 385 g/mol. The van der Waals surface area contributed by atoms with Crippen molar-refractivity contribution in [3.05, 3.63) is 28.1 Å². The average Bonchev–Trinajstić information content (AvgIpc) is 3.01. The summed E-state index contributed by atoms with van der Waals surface area (Å²) in [4.78, 5) is 15.5. The van der Waals surface area contributed by atoms with Gasteiger partial charge in [-0.05, 0) is 24.6 Å². The molecule has 1 heterocycles. The van der Waals surface area contributed by atoms with Gasteiger partial charge in [0.1, 0.15) is 5.82 Å². The van der Waals surface area contributed by atoms with E-state index in [-0.39, 0.29) is 10.8 Å². The molecule has 10 heteroatoms. The Balaban J connectivity index is 2.16. The van der Waals surface area contributed by atoms with Crippen molar-refractivity contribution in [2.75, 3.05) is 25.4 Å². The smallest absolute Gasteiger partial charge is 0.346 e. The van der Waals surface area contributed by atoms with Gasteiger partial charge >= 0.3 is 5.97 Å². The Morgan fingerprint density at radius 1 is 1.48 bits per heavy atom. The van der Waals surface area contributed by atoms with Gasteiger partial charge < -0.3 is 19.9 Å². The second-order valence-electron chi connectivity index (χ2n) is 4.76. The zero-order valence-electron chi connectivity index (χ0n) is 13.8. The SMILES string of the molecule is COC(=O)C(C)Oc1c(Cl)cc(C=NNc2nc(N)cs2)cc1OC. The van der Waals surface area contributed by atoms with Gasteiger partial charge in [0.05, 0.1) is 25.5 Å². The van der Waals surface area contributed by atoms with Gasteiger partial charge in [0.25, 0.3) is 0 Å². The van der Waals surface area contributed by atoms with Crippen LogP contribution in [-0.4, -0.2) is 37.5 Å². The van der Waals surface area contributed by atoms with E-state index in [0.717, 1.165) is 0 Å². The molecule has 1 aromatic carbocycles. The third-order valence-corrected chi connectivity index (χ3v) is 4.02. The first-order chi connectivity index (χ1) is 11.9. The number of aromatic nitrogens is 1. The summed E-state index contributed by atoms with van der Waals surface area (Å²) < 4.78 is 15.4. The van der Waals surface area contributed by atoms with Crippen molar-refractivity contribution in [2.45, 2.75) is 13.0 Å². The number of rotatable bonds is 7. The normalized spacial score (nSPS) is 12.0. The molecule has 0 aliphatic carbocycles. The quantitative estimate of drug-likeness (QED) is 0.429. The monoisotopic (exact) mass is 384 g/mol. The number of halogens is 1. The van der Waals surface area contributed by atoms with E-state index in [1.54, 1.807) is 30.7 Å². The van der Waals surface area contributed by atoms with Crippen molar-refractivity contribution >= 4 is 46.1 Å². The number of nitrogens with one attached hydrogen (secondary N) is 1. The highest BCUT2D eigenvalue weighted by Crippen LogP contribution is 2.36. The maximum Gasteiger partial charge on any atom is 0.346 e. The number of hydrazone groups is 1. The second kappa shape index (κ2) is 8.54. The second-order valence-corrected chi connectivity index (χ2v) is 6.03. The lowest BCUT2D eigenvalue weighted by Gasteiger charge is -2.16. The number of nitrogens with two attached hydrogens (primary N) is 1. The molecule has 3 N–H and O–H groups in total. The molecule has 0 fully saturated rings. The largest absolute Gasteiger partial charge is 0.493 e.